The molecule has 238 valence electrons. The molecule has 0 amide bonds. The molecule has 0 atom stereocenters. The van der Waals surface area contributed by atoms with Crippen molar-refractivity contribution >= 4 is 28.1 Å². The fourth-order valence-electron chi connectivity index (χ4n) is 4.54. The first kappa shape index (κ1) is 31.6. The van der Waals surface area contributed by atoms with E-state index in [1.165, 1.54) is 44.4 Å². The maximum absolute atomic E-state index is 13.8. The number of hydrogen-bond donors (Lipinski definition) is 1. The standard InChI is InChI=1S/C30H22FN7O9/c1-35(2)38(45)34-47-28-16-27(25(36(41)42)15-26(28)37(43)44)46-30(40)23-13-17(7-12-20(23)18-8-10-19(31)11-9-18)14-24-21-5-3-4-6-22(21)29(39)33-32-24/h3-13,15-16H,14H2,1-2H3,(H,33,39)/b38-34-. The lowest BCUT2D eigenvalue weighted by Crippen LogP contribution is -2.21. The summed E-state index contributed by atoms with van der Waals surface area (Å²) in [7, 11) is 2.61. The van der Waals surface area contributed by atoms with Gasteiger partial charge in [-0.05, 0) is 41.0 Å². The molecule has 17 heteroatoms. The van der Waals surface area contributed by atoms with Crippen LogP contribution in [-0.4, -0.2) is 50.1 Å². The Bertz CT molecular complexity index is 2130. The zero-order chi connectivity index (χ0) is 33.8. The second-order valence-corrected chi connectivity index (χ2v) is 10.1. The zero-order valence-electron chi connectivity index (χ0n) is 24.4. The Labute approximate surface area is 262 Å². The Morgan fingerprint density at radius 3 is 2.23 bits per heavy atom. The van der Waals surface area contributed by atoms with Gasteiger partial charge in [0.25, 0.3) is 5.56 Å². The number of esters is 1. The Kier molecular flexibility index (Phi) is 8.79. The summed E-state index contributed by atoms with van der Waals surface area (Å²) < 4.78 is 19.2. The minimum Gasteiger partial charge on any atom is -0.569 e. The van der Waals surface area contributed by atoms with E-state index >= 15 is 0 Å². The van der Waals surface area contributed by atoms with Crippen LogP contribution >= 0.6 is 0 Å². The van der Waals surface area contributed by atoms with Gasteiger partial charge in [-0.1, -0.05) is 42.5 Å². The SMILES string of the molecule is CN(C)/[N+]([O-])=N/Oc1cc(OC(=O)c2cc(Cc3n[nH]c(=O)c4ccccc34)ccc2-c2ccc(F)cc2)c([N+](=O)[O-])cc1[N+](=O)[O-]. The Hall–Kier alpha value is -6.78. The second kappa shape index (κ2) is 13.1. The summed E-state index contributed by atoms with van der Waals surface area (Å²) >= 11 is 0. The molecule has 1 heterocycles. The molecule has 0 spiro atoms. The number of carbonyl (C=O) groups excluding carboxylic acids is 1. The van der Waals surface area contributed by atoms with E-state index in [9.17, 15) is 39.4 Å². The highest BCUT2D eigenvalue weighted by Crippen LogP contribution is 2.40. The minimum absolute atomic E-state index is 0.0578. The number of nitrogens with zero attached hydrogens (tertiary/aromatic N) is 6. The van der Waals surface area contributed by atoms with Gasteiger partial charge in [0, 0.05) is 17.9 Å². The number of aromatic amines is 1. The van der Waals surface area contributed by atoms with Crippen LogP contribution in [0.25, 0.3) is 21.9 Å². The van der Waals surface area contributed by atoms with Crippen LogP contribution in [-0.2, 0) is 6.42 Å². The first-order chi connectivity index (χ1) is 22.4. The number of nitro benzene ring substituents is 2. The van der Waals surface area contributed by atoms with Gasteiger partial charge in [0.1, 0.15) is 11.9 Å². The summed E-state index contributed by atoms with van der Waals surface area (Å²) in [6.45, 7) is 0. The highest BCUT2D eigenvalue weighted by molar-refractivity contribution is 5.99. The molecular weight excluding hydrogens is 621 g/mol. The van der Waals surface area contributed by atoms with Gasteiger partial charge in [-0.15, -0.1) is 0 Å². The molecule has 5 aromatic rings. The zero-order valence-corrected chi connectivity index (χ0v) is 24.4. The van der Waals surface area contributed by atoms with E-state index in [2.05, 4.69) is 15.5 Å². The third-order valence-electron chi connectivity index (χ3n) is 6.79. The summed E-state index contributed by atoms with van der Waals surface area (Å²) in [4.78, 5) is 52.4. The molecule has 1 aromatic heterocycles. The number of hydrazine groups is 1. The van der Waals surface area contributed by atoms with E-state index in [1.54, 1.807) is 36.4 Å². The molecule has 0 fully saturated rings. The average molecular weight is 644 g/mol. The van der Waals surface area contributed by atoms with Crippen molar-refractivity contribution in [3.8, 4) is 22.6 Å². The average Bonchev–Trinajstić information content (AvgIpc) is 3.05. The van der Waals surface area contributed by atoms with Crippen LogP contribution in [0.1, 0.15) is 21.6 Å². The van der Waals surface area contributed by atoms with Crippen molar-refractivity contribution in [2.24, 2.45) is 5.28 Å². The third-order valence-corrected chi connectivity index (χ3v) is 6.79. The van der Waals surface area contributed by atoms with Crippen LogP contribution < -0.4 is 15.1 Å². The van der Waals surface area contributed by atoms with Gasteiger partial charge in [-0.2, -0.15) is 10.1 Å². The first-order valence-electron chi connectivity index (χ1n) is 13.5. The number of benzene rings is 4. The first-order valence-corrected chi connectivity index (χ1v) is 13.5. The lowest BCUT2D eigenvalue weighted by molar-refractivity contribution is -0.695. The smallest absolute Gasteiger partial charge is 0.344 e. The molecule has 0 saturated heterocycles. The van der Waals surface area contributed by atoms with E-state index in [4.69, 9.17) is 9.57 Å². The molecular formula is C30H22FN7O9. The number of carbonyl (C=O) groups is 1. The Morgan fingerprint density at radius 1 is 0.915 bits per heavy atom. The number of hydrogen-bond acceptors (Lipinski definition) is 11. The van der Waals surface area contributed by atoms with Crippen molar-refractivity contribution in [1.82, 2.24) is 15.2 Å². The minimum atomic E-state index is -1.12. The molecule has 47 heavy (non-hydrogen) atoms. The fraction of sp³-hybridized carbons (Fsp3) is 0.100. The molecule has 0 bridgehead atoms. The lowest BCUT2D eigenvalue weighted by Gasteiger charge is -2.13. The molecule has 0 aliphatic heterocycles. The third kappa shape index (κ3) is 6.83. The van der Waals surface area contributed by atoms with Crippen LogP contribution in [0.2, 0.25) is 0 Å². The van der Waals surface area contributed by atoms with Gasteiger partial charge in [0.15, 0.2) is 0 Å². The maximum Gasteiger partial charge on any atom is 0.344 e. The van der Waals surface area contributed by atoms with Crippen molar-refractivity contribution < 1.29 is 33.6 Å². The van der Waals surface area contributed by atoms with E-state index in [0.29, 0.717) is 39.7 Å². The van der Waals surface area contributed by atoms with Crippen LogP contribution in [0.5, 0.6) is 11.5 Å². The van der Waals surface area contributed by atoms with Crippen molar-refractivity contribution in [2.75, 3.05) is 14.1 Å². The molecule has 0 saturated carbocycles. The Balaban J connectivity index is 1.60. The fourth-order valence-corrected chi connectivity index (χ4v) is 4.54. The summed E-state index contributed by atoms with van der Waals surface area (Å²) in [5, 5.41) is 47.0. The van der Waals surface area contributed by atoms with E-state index in [0.717, 1.165) is 5.01 Å². The summed E-state index contributed by atoms with van der Waals surface area (Å²) in [5.41, 5.74) is -0.704. The molecule has 0 radical (unpaired) electrons. The Morgan fingerprint density at radius 2 is 1.57 bits per heavy atom. The van der Waals surface area contributed by atoms with Crippen LogP contribution in [0.4, 0.5) is 15.8 Å². The molecule has 4 aromatic carbocycles. The van der Waals surface area contributed by atoms with Crippen molar-refractivity contribution in [3.05, 3.63) is 137 Å². The number of nitro groups is 2. The quantitative estimate of drug-likeness (QED) is 0.0529. The molecule has 1 N–H and O–H groups in total. The maximum atomic E-state index is 13.8. The van der Waals surface area contributed by atoms with E-state index in [1.807, 2.05) is 0 Å². The predicted octanol–water partition coefficient (Wildman–Crippen LogP) is 5.09. The monoisotopic (exact) mass is 643 g/mol. The molecule has 0 aliphatic rings. The van der Waals surface area contributed by atoms with Crippen LogP contribution in [0.15, 0.2) is 88.9 Å². The molecule has 16 nitrogen and oxygen atoms in total. The van der Waals surface area contributed by atoms with E-state index in [-0.39, 0.29) is 28.1 Å². The van der Waals surface area contributed by atoms with Gasteiger partial charge in [-0.3, -0.25) is 29.9 Å². The van der Waals surface area contributed by atoms with E-state index < -0.39 is 44.5 Å². The number of fused-ring (bicyclic) bond motifs is 1. The molecule has 5 rings (SSSR count). The van der Waals surface area contributed by atoms with Crippen molar-refractivity contribution in [1.29, 1.82) is 0 Å². The normalized spacial score (nSPS) is 11.3. The molecule has 0 aliphatic carbocycles. The largest absolute Gasteiger partial charge is 0.569 e. The molecule has 0 unspecified atom stereocenters. The van der Waals surface area contributed by atoms with Crippen LogP contribution in [0.3, 0.4) is 0 Å². The van der Waals surface area contributed by atoms with Crippen molar-refractivity contribution in [2.45, 2.75) is 6.42 Å². The summed E-state index contributed by atoms with van der Waals surface area (Å²) in [5.74, 6) is -3.13. The lowest BCUT2D eigenvalue weighted by atomic mass is 9.95. The van der Waals surface area contributed by atoms with Gasteiger partial charge < -0.3 is 9.94 Å². The van der Waals surface area contributed by atoms with Gasteiger partial charge in [-0.25, -0.2) is 14.3 Å². The predicted molar refractivity (Wildman–Crippen MR) is 162 cm³/mol. The topological polar surface area (TPSA) is 209 Å². The number of nitrogens with one attached hydrogen (secondary N) is 1. The number of aromatic nitrogens is 2. The van der Waals surface area contributed by atoms with Crippen molar-refractivity contribution in [3.63, 3.8) is 0 Å². The number of H-pyrrole nitrogens is 1. The van der Waals surface area contributed by atoms with Gasteiger partial charge in [0.2, 0.25) is 16.8 Å². The summed E-state index contributed by atoms with van der Waals surface area (Å²) in [6.07, 6.45) is 0.135. The summed E-state index contributed by atoms with van der Waals surface area (Å²) in [6, 6.07) is 17.9. The second-order valence-electron chi connectivity index (χ2n) is 10.1. The highest BCUT2D eigenvalue weighted by atomic mass is 19.1. The number of ether oxygens (including phenoxy) is 1. The van der Waals surface area contributed by atoms with Gasteiger partial charge in [0.05, 0.1) is 45.6 Å². The van der Waals surface area contributed by atoms with Crippen LogP contribution in [0, 0.1) is 31.3 Å². The number of halogens is 1. The highest BCUT2D eigenvalue weighted by Gasteiger charge is 2.30. The number of rotatable bonds is 10. The van der Waals surface area contributed by atoms with Gasteiger partial charge >= 0.3 is 17.3 Å².